The topological polar surface area (TPSA) is 12.0 Å². The Kier molecular flexibility index (Phi) is 3.89. The molecule has 4 heteroatoms. The highest BCUT2D eigenvalue weighted by Crippen LogP contribution is 2.49. The monoisotopic (exact) mass is 297 g/mol. The van der Waals surface area contributed by atoms with Crippen LogP contribution in [0.25, 0.3) is 0 Å². The van der Waals surface area contributed by atoms with Gasteiger partial charge < -0.3 is 5.32 Å². The molecule has 0 unspecified atom stereocenters. The first kappa shape index (κ1) is 14.7. The zero-order valence-electron chi connectivity index (χ0n) is 12.2. The van der Waals surface area contributed by atoms with Crippen LogP contribution in [0.1, 0.15) is 56.9 Å². The summed E-state index contributed by atoms with van der Waals surface area (Å²) in [5, 5.41) is 3.14. The van der Waals surface area contributed by atoms with E-state index in [0.717, 1.165) is 18.9 Å². The van der Waals surface area contributed by atoms with Gasteiger partial charge in [-0.1, -0.05) is 25.0 Å². The Hall–Kier alpha value is -1.19. The first-order valence-corrected chi connectivity index (χ1v) is 7.91. The molecule has 0 bridgehead atoms. The van der Waals surface area contributed by atoms with Gasteiger partial charge in [0.25, 0.3) is 0 Å². The van der Waals surface area contributed by atoms with E-state index in [1.165, 1.54) is 44.6 Å². The van der Waals surface area contributed by atoms with Gasteiger partial charge in [0, 0.05) is 11.7 Å². The number of hydrogen-bond donors (Lipinski definition) is 1. The van der Waals surface area contributed by atoms with Crippen LogP contribution in [0.5, 0.6) is 0 Å². The molecule has 2 fully saturated rings. The summed E-state index contributed by atoms with van der Waals surface area (Å²) in [7, 11) is 0. The Morgan fingerprint density at radius 1 is 0.952 bits per heavy atom. The zero-order chi connectivity index (χ0) is 14.9. The van der Waals surface area contributed by atoms with Crippen molar-refractivity contribution >= 4 is 5.69 Å². The van der Waals surface area contributed by atoms with Crippen molar-refractivity contribution in [3.63, 3.8) is 0 Å². The van der Waals surface area contributed by atoms with Crippen LogP contribution in [0.15, 0.2) is 24.3 Å². The highest BCUT2D eigenvalue weighted by Gasteiger charge is 2.38. The van der Waals surface area contributed by atoms with Crippen LogP contribution < -0.4 is 5.32 Å². The normalized spacial score (nSPS) is 22.6. The van der Waals surface area contributed by atoms with Crippen LogP contribution >= 0.6 is 0 Å². The van der Waals surface area contributed by atoms with Crippen molar-refractivity contribution in [1.29, 1.82) is 0 Å². The van der Waals surface area contributed by atoms with Crippen LogP contribution in [0.4, 0.5) is 18.9 Å². The fourth-order valence-electron chi connectivity index (χ4n) is 4.08. The lowest BCUT2D eigenvalue weighted by molar-refractivity contribution is -0.137. The fourth-order valence-corrected chi connectivity index (χ4v) is 4.08. The van der Waals surface area contributed by atoms with Crippen molar-refractivity contribution in [3.05, 3.63) is 29.8 Å². The first-order valence-electron chi connectivity index (χ1n) is 7.91. The van der Waals surface area contributed by atoms with E-state index in [2.05, 4.69) is 5.32 Å². The van der Waals surface area contributed by atoms with Crippen LogP contribution in [0.2, 0.25) is 0 Å². The van der Waals surface area contributed by atoms with E-state index in [1.54, 1.807) is 12.1 Å². The van der Waals surface area contributed by atoms with E-state index < -0.39 is 11.7 Å². The molecule has 0 aliphatic heterocycles. The summed E-state index contributed by atoms with van der Waals surface area (Å²) in [6.45, 7) is 0. The van der Waals surface area contributed by atoms with E-state index in [-0.39, 0.29) is 11.7 Å². The van der Waals surface area contributed by atoms with Gasteiger partial charge in [-0.05, 0) is 56.1 Å². The van der Waals surface area contributed by atoms with Crippen molar-refractivity contribution in [2.24, 2.45) is 5.41 Å². The summed E-state index contributed by atoms with van der Waals surface area (Å²) >= 11 is 0. The van der Waals surface area contributed by atoms with Gasteiger partial charge in [0.15, 0.2) is 0 Å². The van der Waals surface area contributed by atoms with E-state index in [1.807, 2.05) is 0 Å². The van der Waals surface area contributed by atoms with E-state index in [9.17, 15) is 13.2 Å². The summed E-state index contributed by atoms with van der Waals surface area (Å²) in [6, 6.07) is 5.99. The van der Waals surface area contributed by atoms with Crippen molar-refractivity contribution < 1.29 is 13.2 Å². The van der Waals surface area contributed by atoms with Crippen molar-refractivity contribution in [2.75, 3.05) is 5.32 Å². The van der Waals surface area contributed by atoms with Gasteiger partial charge in [-0.2, -0.15) is 13.2 Å². The minimum atomic E-state index is -4.29. The molecule has 2 aliphatic carbocycles. The first-order chi connectivity index (χ1) is 9.99. The average molecular weight is 297 g/mol. The third-order valence-corrected chi connectivity index (χ3v) is 5.30. The molecule has 0 radical (unpaired) electrons. The molecule has 1 aromatic carbocycles. The van der Waals surface area contributed by atoms with Crippen molar-refractivity contribution in [2.45, 2.75) is 63.6 Å². The molecule has 1 spiro atoms. The Bertz CT molecular complexity index is 479. The predicted molar refractivity (Wildman–Crippen MR) is 78.2 cm³/mol. The predicted octanol–water partition coefficient (Wildman–Crippen LogP) is 5.62. The molecule has 116 valence electrons. The molecule has 1 nitrogen and oxygen atoms in total. The second kappa shape index (κ2) is 5.54. The summed E-state index contributed by atoms with van der Waals surface area (Å²) in [4.78, 5) is 0. The third kappa shape index (κ3) is 3.19. The highest BCUT2D eigenvalue weighted by atomic mass is 19.4. The van der Waals surface area contributed by atoms with Crippen LogP contribution in [-0.4, -0.2) is 6.04 Å². The lowest BCUT2D eigenvalue weighted by Gasteiger charge is -2.38. The summed E-state index contributed by atoms with van der Waals surface area (Å²) < 4.78 is 39.0. The van der Waals surface area contributed by atoms with Crippen molar-refractivity contribution in [3.8, 4) is 0 Å². The van der Waals surface area contributed by atoms with Gasteiger partial charge >= 0.3 is 6.18 Å². The third-order valence-electron chi connectivity index (χ3n) is 5.30. The number of anilines is 1. The molecule has 0 atom stereocenters. The smallest absolute Gasteiger partial charge is 0.382 e. The van der Waals surface area contributed by atoms with Crippen LogP contribution in [-0.2, 0) is 6.18 Å². The quantitative estimate of drug-likeness (QED) is 0.747. The van der Waals surface area contributed by atoms with Gasteiger partial charge in [-0.25, -0.2) is 0 Å². The number of nitrogens with one attached hydrogen (secondary N) is 1. The molecule has 21 heavy (non-hydrogen) atoms. The molecule has 1 N–H and O–H groups in total. The lowest BCUT2D eigenvalue weighted by Crippen LogP contribution is -2.32. The highest BCUT2D eigenvalue weighted by molar-refractivity contribution is 5.53. The molecular formula is C17H22F3N. The number of halogens is 3. The Balaban J connectivity index is 1.66. The number of benzene rings is 1. The van der Waals surface area contributed by atoms with Gasteiger partial charge in [0.05, 0.1) is 5.56 Å². The molecule has 2 saturated carbocycles. The minimum Gasteiger partial charge on any atom is -0.382 e. The van der Waals surface area contributed by atoms with Gasteiger partial charge in [-0.3, -0.25) is 0 Å². The van der Waals surface area contributed by atoms with Gasteiger partial charge in [-0.15, -0.1) is 0 Å². The molecule has 2 aliphatic rings. The average Bonchev–Trinajstić information content (AvgIpc) is 2.90. The largest absolute Gasteiger partial charge is 0.418 e. The molecule has 1 aromatic rings. The second-order valence-electron chi connectivity index (χ2n) is 6.67. The standard InChI is InChI=1S/C17H22F3N/c18-17(19,20)14-5-1-2-6-15(14)21-13-7-11-16(12-8-13)9-3-4-10-16/h1-2,5-6,13,21H,3-4,7-12H2. The number of alkyl halides is 3. The minimum absolute atomic E-state index is 0.180. The number of para-hydroxylation sites is 1. The summed E-state index contributed by atoms with van der Waals surface area (Å²) in [5.74, 6) is 0. The van der Waals surface area contributed by atoms with Crippen molar-refractivity contribution in [1.82, 2.24) is 0 Å². The molecule has 0 heterocycles. The van der Waals surface area contributed by atoms with E-state index in [4.69, 9.17) is 0 Å². The Labute approximate surface area is 123 Å². The summed E-state index contributed by atoms with van der Waals surface area (Å²) in [6.07, 6.45) is 5.32. The van der Waals surface area contributed by atoms with Gasteiger partial charge in [0.2, 0.25) is 0 Å². The van der Waals surface area contributed by atoms with E-state index in [0.29, 0.717) is 5.41 Å². The maximum absolute atomic E-state index is 13.0. The fraction of sp³-hybridized carbons (Fsp3) is 0.647. The molecule has 0 aromatic heterocycles. The zero-order valence-corrected chi connectivity index (χ0v) is 12.2. The molecule has 0 amide bonds. The SMILES string of the molecule is FC(F)(F)c1ccccc1NC1CCC2(CCCC2)CC1. The number of hydrogen-bond acceptors (Lipinski definition) is 1. The lowest BCUT2D eigenvalue weighted by atomic mass is 9.71. The van der Waals surface area contributed by atoms with Gasteiger partial charge in [0.1, 0.15) is 0 Å². The maximum Gasteiger partial charge on any atom is 0.418 e. The Morgan fingerprint density at radius 2 is 1.57 bits per heavy atom. The number of rotatable bonds is 2. The maximum atomic E-state index is 13.0. The summed E-state index contributed by atoms with van der Waals surface area (Å²) in [5.41, 5.74) is 0.199. The van der Waals surface area contributed by atoms with Crippen LogP contribution in [0, 0.1) is 5.41 Å². The van der Waals surface area contributed by atoms with E-state index >= 15 is 0 Å². The molecule has 0 saturated heterocycles. The molecule has 3 rings (SSSR count). The molecular weight excluding hydrogens is 275 g/mol. The Morgan fingerprint density at radius 3 is 2.19 bits per heavy atom. The van der Waals surface area contributed by atoms with Crippen LogP contribution in [0.3, 0.4) is 0 Å². The second-order valence-corrected chi connectivity index (χ2v) is 6.67.